The zero-order valence-corrected chi connectivity index (χ0v) is 10.8. The first-order valence-electron chi connectivity index (χ1n) is 6.33. The highest BCUT2D eigenvalue weighted by molar-refractivity contribution is 5.85. The quantitative estimate of drug-likeness (QED) is 0.779. The summed E-state index contributed by atoms with van der Waals surface area (Å²) in [4.78, 5) is 14.2. The van der Waals surface area contributed by atoms with Gasteiger partial charge in [-0.2, -0.15) is 0 Å². The second-order valence-electron chi connectivity index (χ2n) is 5.81. The SMILES string of the molecule is CC(C)(C)C(=O)CN1CCCC1CCCO. The van der Waals surface area contributed by atoms with Gasteiger partial charge in [0, 0.05) is 18.1 Å². The van der Waals surface area contributed by atoms with Crippen LogP contribution in [-0.2, 0) is 4.79 Å². The van der Waals surface area contributed by atoms with Crippen molar-refractivity contribution in [3.05, 3.63) is 0 Å². The lowest BCUT2D eigenvalue weighted by molar-refractivity contribution is -0.127. The predicted octanol–water partition coefficient (Wildman–Crippen LogP) is 1.84. The van der Waals surface area contributed by atoms with E-state index in [0.29, 0.717) is 18.4 Å². The molecule has 0 aromatic heterocycles. The van der Waals surface area contributed by atoms with Crippen LogP contribution in [0.2, 0.25) is 0 Å². The maximum atomic E-state index is 11.9. The molecule has 1 heterocycles. The number of nitrogens with zero attached hydrogens (tertiary/aromatic N) is 1. The van der Waals surface area contributed by atoms with Crippen LogP contribution in [0.15, 0.2) is 0 Å². The molecular formula is C13H25NO2. The van der Waals surface area contributed by atoms with Gasteiger partial charge in [-0.1, -0.05) is 20.8 Å². The van der Waals surface area contributed by atoms with Crippen molar-refractivity contribution in [2.45, 2.75) is 52.5 Å². The van der Waals surface area contributed by atoms with E-state index < -0.39 is 0 Å². The number of likely N-dealkylation sites (tertiary alicyclic amines) is 1. The number of Topliss-reactive ketones (excluding diaryl/α,β-unsaturated/α-hetero) is 1. The van der Waals surface area contributed by atoms with Gasteiger partial charge in [0.15, 0.2) is 5.78 Å². The Bertz CT molecular complexity index is 233. The first-order chi connectivity index (χ1) is 7.45. The van der Waals surface area contributed by atoms with E-state index in [1.54, 1.807) is 0 Å². The Balaban J connectivity index is 2.43. The molecule has 1 aliphatic rings. The third kappa shape index (κ3) is 3.87. The highest BCUT2D eigenvalue weighted by Gasteiger charge is 2.29. The molecule has 0 amide bonds. The minimum Gasteiger partial charge on any atom is -0.396 e. The molecule has 1 aliphatic heterocycles. The first kappa shape index (κ1) is 13.7. The summed E-state index contributed by atoms with van der Waals surface area (Å²) in [6.07, 6.45) is 4.24. The molecule has 1 N–H and O–H groups in total. The maximum absolute atomic E-state index is 11.9. The summed E-state index contributed by atoms with van der Waals surface area (Å²) in [5.41, 5.74) is -0.232. The fraction of sp³-hybridized carbons (Fsp3) is 0.923. The Morgan fingerprint density at radius 3 is 2.69 bits per heavy atom. The van der Waals surface area contributed by atoms with E-state index in [1.807, 2.05) is 20.8 Å². The van der Waals surface area contributed by atoms with Crippen LogP contribution in [0.5, 0.6) is 0 Å². The molecule has 1 unspecified atom stereocenters. The van der Waals surface area contributed by atoms with Gasteiger partial charge in [-0.15, -0.1) is 0 Å². The van der Waals surface area contributed by atoms with Crippen molar-refractivity contribution in [2.75, 3.05) is 19.7 Å². The predicted molar refractivity (Wildman–Crippen MR) is 65.4 cm³/mol. The Kier molecular flexibility index (Phi) is 4.93. The van der Waals surface area contributed by atoms with E-state index in [0.717, 1.165) is 19.4 Å². The molecule has 94 valence electrons. The molecule has 0 spiro atoms. The second-order valence-corrected chi connectivity index (χ2v) is 5.81. The molecule has 1 atom stereocenters. The van der Waals surface area contributed by atoms with Gasteiger partial charge in [0.2, 0.25) is 0 Å². The third-order valence-corrected chi connectivity index (χ3v) is 3.38. The topological polar surface area (TPSA) is 40.5 Å². The van der Waals surface area contributed by atoms with Crippen molar-refractivity contribution in [1.82, 2.24) is 4.90 Å². The van der Waals surface area contributed by atoms with Crippen LogP contribution in [0.25, 0.3) is 0 Å². The van der Waals surface area contributed by atoms with E-state index in [-0.39, 0.29) is 12.0 Å². The molecule has 16 heavy (non-hydrogen) atoms. The standard InChI is InChI=1S/C13H25NO2/c1-13(2,3)12(16)10-14-8-4-6-11(14)7-5-9-15/h11,15H,4-10H2,1-3H3. The number of rotatable bonds is 5. The van der Waals surface area contributed by atoms with Crippen LogP contribution < -0.4 is 0 Å². The molecule has 3 heteroatoms. The molecule has 0 saturated carbocycles. The number of hydrogen-bond acceptors (Lipinski definition) is 3. The van der Waals surface area contributed by atoms with Gasteiger partial charge in [-0.3, -0.25) is 9.69 Å². The molecular weight excluding hydrogens is 202 g/mol. The van der Waals surface area contributed by atoms with E-state index in [9.17, 15) is 4.79 Å². The van der Waals surface area contributed by atoms with E-state index in [1.165, 1.54) is 12.8 Å². The van der Waals surface area contributed by atoms with Crippen molar-refractivity contribution >= 4 is 5.78 Å². The minimum absolute atomic E-state index is 0.232. The average molecular weight is 227 g/mol. The van der Waals surface area contributed by atoms with Crippen LogP contribution in [0.4, 0.5) is 0 Å². The van der Waals surface area contributed by atoms with Crippen LogP contribution >= 0.6 is 0 Å². The molecule has 0 bridgehead atoms. The molecule has 0 aromatic carbocycles. The fourth-order valence-electron chi connectivity index (χ4n) is 2.18. The van der Waals surface area contributed by atoms with Crippen LogP contribution in [0, 0.1) is 5.41 Å². The van der Waals surface area contributed by atoms with Gasteiger partial charge in [0.25, 0.3) is 0 Å². The van der Waals surface area contributed by atoms with Gasteiger partial charge in [-0.25, -0.2) is 0 Å². The minimum atomic E-state index is -0.232. The summed E-state index contributed by atoms with van der Waals surface area (Å²) in [5.74, 6) is 0.323. The maximum Gasteiger partial charge on any atom is 0.152 e. The molecule has 1 rings (SSSR count). The second kappa shape index (κ2) is 5.78. The lowest BCUT2D eigenvalue weighted by Crippen LogP contribution is -2.38. The largest absolute Gasteiger partial charge is 0.396 e. The monoisotopic (exact) mass is 227 g/mol. The highest BCUT2D eigenvalue weighted by Crippen LogP contribution is 2.23. The summed E-state index contributed by atoms with van der Waals surface area (Å²) in [6, 6.07) is 0.512. The Hall–Kier alpha value is -0.410. The number of carbonyl (C=O) groups is 1. The number of aliphatic hydroxyl groups excluding tert-OH is 1. The summed E-state index contributed by atoms with van der Waals surface area (Å²) in [6.45, 7) is 7.82. The van der Waals surface area contributed by atoms with E-state index >= 15 is 0 Å². The molecule has 0 aromatic rings. The number of carbonyl (C=O) groups excluding carboxylic acids is 1. The smallest absolute Gasteiger partial charge is 0.152 e. The first-order valence-corrected chi connectivity index (χ1v) is 6.33. The fourth-order valence-corrected chi connectivity index (χ4v) is 2.18. The Morgan fingerprint density at radius 1 is 1.44 bits per heavy atom. The van der Waals surface area contributed by atoms with Crippen LogP contribution in [-0.4, -0.2) is 41.5 Å². The van der Waals surface area contributed by atoms with Crippen LogP contribution in [0.3, 0.4) is 0 Å². The van der Waals surface area contributed by atoms with Crippen molar-refractivity contribution in [3.63, 3.8) is 0 Å². The van der Waals surface area contributed by atoms with Crippen molar-refractivity contribution < 1.29 is 9.90 Å². The van der Waals surface area contributed by atoms with Gasteiger partial charge >= 0.3 is 0 Å². The summed E-state index contributed by atoms with van der Waals surface area (Å²) in [5, 5.41) is 8.84. The van der Waals surface area contributed by atoms with Crippen LogP contribution in [0.1, 0.15) is 46.5 Å². The number of ketones is 1. The third-order valence-electron chi connectivity index (χ3n) is 3.38. The van der Waals surface area contributed by atoms with Crippen molar-refractivity contribution in [1.29, 1.82) is 0 Å². The van der Waals surface area contributed by atoms with Gasteiger partial charge < -0.3 is 5.11 Å². The van der Waals surface area contributed by atoms with Gasteiger partial charge in [0.1, 0.15) is 0 Å². The number of aliphatic hydroxyl groups is 1. The lowest BCUT2D eigenvalue weighted by atomic mass is 9.90. The number of hydrogen-bond donors (Lipinski definition) is 1. The molecule has 0 radical (unpaired) electrons. The summed E-state index contributed by atoms with van der Waals surface area (Å²) >= 11 is 0. The van der Waals surface area contributed by atoms with E-state index in [2.05, 4.69) is 4.90 Å². The zero-order valence-electron chi connectivity index (χ0n) is 10.8. The lowest BCUT2D eigenvalue weighted by Gasteiger charge is -2.27. The highest BCUT2D eigenvalue weighted by atomic mass is 16.2. The Labute approximate surface area is 98.8 Å². The molecule has 3 nitrogen and oxygen atoms in total. The molecule has 1 saturated heterocycles. The molecule has 0 aliphatic carbocycles. The Morgan fingerprint density at radius 2 is 2.12 bits per heavy atom. The average Bonchev–Trinajstić information content (AvgIpc) is 2.61. The van der Waals surface area contributed by atoms with Gasteiger partial charge in [-0.05, 0) is 32.2 Å². The summed E-state index contributed by atoms with van der Waals surface area (Å²) < 4.78 is 0. The van der Waals surface area contributed by atoms with Crippen molar-refractivity contribution in [2.24, 2.45) is 5.41 Å². The van der Waals surface area contributed by atoms with Gasteiger partial charge in [0.05, 0.1) is 6.54 Å². The van der Waals surface area contributed by atoms with E-state index in [4.69, 9.17) is 5.11 Å². The zero-order chi connectivity index (χ0) is 12.2. The van der Waals surface area contributed by atoms with Crippen molar-refractivity contribution in [3.8, 4) is 0 Å². The molecule has 1 fully saturated rings. The summed E-state index contributed by atoms with van der Waals surface area (Å²) in [7, 11) is 0. The normalized spacial score (nSPS) is 22.6.